The van der Waals surface area contributed by atoms with E-state index < -0.39 is 9.84 Å². The van der Waals surface area contributed by atoms with E-state index in [1.165, 1.54) is 19.2 Å². The van der Waals surface area contributed by atoms with Crippen molar-refractivity contribution in [1.29, 1.82) is 0 Å². The summed E-state index contributed by atoms with van der Waals surface area (Å²) in [6, 6.07) is 2.81. The van der Waals surface area contributed by atoms with Crippen LogP contribution in [0.1, 0.15) is 0 Å². The van der Waals surface area contributed by atoms with Gasteiger partial charge in [0.1, 0.15) is 4.90 Å². The summed E-state index contributed by atoms with van der Waals surface area (Å²) in [5, 5.41) is 0. The molecule has 0 aliphatic heterocycles. The number of hydrogen-bond acceptors (Lipinski definition) is 5. The van der Waals surface area contributed by atoms with Gasteiger partial charge in [0, 0.05) is 6.26 Å². The minimum atomic E-state index is -3.35. The van der Waals surface area contributed by atoms with E-state index in [0.29, 0.717) is 5.69 Å². The smallest absolute Gasteiger partial charge is 0.179 e. The van der Waals surface area contributed by atoms with Crippen LogP contribution in [0.15, 0.2) is 17.0 Å². The Morgan fingerprint density at radius 3 is 2.29 bits per heavy atom. The standard InChI is InChI=1S/C8H12N2O3S/c1-13-8-6(14(2,11)12)4-3-5(9)7(8)10/h3-4H,9-10H2,1-2H3. The third-order valence-corrected chi connectivity index (χ3v) is 2.92. The van der Waals surface area contributed by atoms with Crippen LogP contribution in [0.25, 0.3) is 0 Å². The first-order chi connectivity index (χ1) is 6.38. The molecule has 5 nitrogen and oxygen atoms in total. The normalized spacial score (nSPS) is 11.3. The summed E-state index contributed by atoms with van der Waals surface area (Å²) in [4.78, 5) is 0.0479. The van der Waals surface area contributed by atoms with E-state index in [1.807, 2.05) is 0 Å². The van der Waals surface area contributed by atoms with Crippen LogP contribution in [-0.2, 0) is 9.84 Å². The zero-order valence-electron chi connectivity index (χ0n) is 7.94. The summed E-state index contributed by atoms with van der Waals surface area (Å²) < 4.78 is 27.5. The van der Waals surface area contributed by atoms with Crippen molar-refractivity contribution < 1.29 is 13.2 Å². The molecule has 0 saturated heterocycles. The minimum absolute atomic E-state index is 0.0479. The lowest BCUT2D eigenvalue weighted by molar-refractivity contribution is 0.405. The average molecular weight is 216 g/mol. The van der Waals surface area contributed by atoms with Gasteiger partial charge in [-0.15, -0.1) is 0 Å². The molecule has 0 aromatic heterocycles. The molecule has 78 valence electrons. The van der Waals surface area contributed by atoms with Gasteiger partial charge in [-0.2, -0.15) is 0 Å². The highest BCUT2D eigenvalue weighted by molar-refractivity contribution is 7.90. The number of anilines is 2. The molecule has 6 heteroatoms. The van der Waals surface area contributed by atoms with Crippen molar-refractivity contribution >= 4 is 21.2 Å². The molecule has 14 heavy (non-hydrogen) atoms. The zero-order chi connectivity index (χ0) is 10.9. The van der Waals surface area contributed by atoms with E-state index in [0.717, 1.165) is 6.26 Å². The number of methoxy groups -OCH3 is 1. The fourth-order valence-electron chi connectivity index (χ4n) is 1.10. The molecule has 0 aliphatic carbocycles. The first kappa shape index (κ1) is 10.6. The molecule has 1 aromatic rings. The molecule has 0 atom stereocenters. The van der Waals surface area contributed by atoms with E-state index in [9.17, 15) is 8.42 Å². The molecular weight excluding hydrogens is 204 g/mol. The van der Waals surface area contributed by atoms with Gasteiger partial charge in [-0.05, 0) is 12.1 Å². The van der Waals surface area contributed by atoms with E-state index in [-0.39, 0.29) is 16.3 Å². The van der Waals surface area contributed by atoms with Crippen LogP contribution < -0.4 is 16.2 Å². The van der Waals surface area contributed by atoms with Gasteiger partial charge in [-0.3, -0.25) is 0 Å². The van der Waals surface area contributed by atoms with E-state index >= 15 is 0 Å². The van der Waals surface area contributed by atoms with Gasteiger partial charge >= 0.3 is 0 Å². The maximum Gasteiger partial charge on any atom is 0.179 e. The maximum absolute atomic E-state index is 11.3. The van der Waals surface area contributed by atoms with Crippen molar-refractivity contribution in [2.75, 3.05) is 24.8 Å². The monoisotopic (exact) mass is 216 g/mol. The number of rotatable bonds is 2. The van der Waals surface area contributed by atoms with Gasteiger partial charge in [-0.1, -0.05) is 0 Å². The summed E-state index contributed by atoms with van der Waals surface area (Å²) in [7, 11) is -2.00. The number of hydrogen-bond donors (Lipinski definition) is 2. The molecule has 0 bridgehead atoms. The molecule has 0 radical (unpaired) electrons. The van der Waals surface area contributed by atoms with Crippen molar-refractivity contribution in [2.45, 2.75) is 4.90 Å². The molecular formula is C8H12N2O3S. The molecule has 0 heterocycles. The Balaban J connectivity index is 3.55. The molecule has 0 amide bonds. The number of benzene rings is 1. The van der Waals surface area contributed by atoms with Gasteiger partial charge < -0.3 is 16.2 Å². The highest BCUT2D eigenvalue weighted by Crippen LogP contribution is 2.34. The molecule has 0 unspecified atom stereocenters. The van der Waals surface area contributed by atoms with Crippen LogP contribution in [0.4, 0.5) is 11.4 Å². The molecule has 1 aromatic carbocycles. The van der Waals surface area contributed by atoms with Gasteiger partial charge in [0.2, 0.25) is 0 Å². The van der Waals surface area contributed by atoms with Gasteiger partial charge in [-0.25, -0.2) is 8.42 Å². The number of sulfone groups is 1. The minimum Gasteiger partial charge on any atom is -0.493 e. The summed E-state index contributed by atoms with van der Waals surface area (Å²) in [5.41, 5.74) is 11.5. The van der Waals surface area contributed by atoms with Gasteiger partial charge in [0.25, 0.3) is 0 Å². The average Bonchev–Trinajstić information content (AvgIpc) is 2.07. The fraction of sp³-hybridized carbons (Fsp3) is 0.250. The second-order valence-corrected chi connectivity index (χ2v) is 4.86. The Morgan fingerprint density at radius 2 is 1.86 bits per heavy atom. The molecule has 1 rings (SSSR count). The van der Waals surface area contributed by atoms with E-state index in [1.54, 1.807) is 0 Å². The lowest BCUT2D eigenvalue weighted by Crippen LogP contribution is -2.05. The largest absolute Gasteiger partial charge is 0.493 e. The first-order valence-corrected chi connectivity index (χ1v) is 5.69. The lowest BCUT2D eigenvalue weighted by Gasteiger charge is -2.11. The highest BCUT2D eigenvalue weighted by atomic mass is 32.2. The zero-order valence-corrected chi connectivity index (χ0v) is 8.76. The Kier molecular flexibility index (Phi) is 2.57. The van der Waals surface area contributed by atoms with E-state index in [4.69, 9.17) is 16.2 Å². The Morgan fingerprint density at radius 1 is 1.29 bits per heavy atom. The van der Waals surface area contributed by atoms with Gasteiger partial charge in [0.05, 0.1) is 18.5 Å². The van der Waals surface area contributed by atoms with Crippen molar-refractivity contribution in [3.63, 3.8) is 0 Å². The summed E-state index contributed by atoms with van der Waals surface area (Å²) in [5.74, 6) is 0.104. The molecule has 0 spiro atoms. The van der Waals surface area contributed by atoms with Crippen molar-refractivity contribution in [3.05, 3.63) is 12.1 Å². The molecule has 0 fully saturated rings. The van der Waals surface area contributed by atoms with E-state index in [2.05, 4.69) is 0 Å². The van der Waals surface area contributed by atoms with Crippen LogP contribution >= 0.6 is 0 Å². The van der Waals surface area contributed by atoms with Crippen molar-refractivity contribution in [3.8, 4) is 5.75 Å². The molecule has 4 N–H and O–H groups in total. The second-order valence-electron chi connectivity index (χ2n) is 2.87. The summed E-state index contributed by atoms with van der Waals surface area (Å²) >= 11 is 0. The third kappa shape index (κ3) is 1.74. The first-order valence-electron chi connectivity index (χ1n) is 3.80. The Hall–Kier alpha value is -1.43. The quantitative estimate of drug-likeness (QED) is 0.691. The van der Waals surface area contributed by atoms with Crippen LogP contribution in [0.5, 0.6) is 5.75 Å². The van der Waals surface area contributed by atoms with Crippen LogP contribution in [0.3, 0.4) is 0 Å². The number of nitrogen functional groups attached to an aromatic ring is 2. The van der Waals surface area contributed by atoms with Crippen LogP contribution in [-0.4, -0.2) is 21.8 Å². The summed E-state index contributed by atoms with van der Waals surface area (Å²) in [6.07, 6.45) is 1.08. The fourth-order valence-corrected chi connectivity index (χ4v) is 1.94. The highest BCUT2D eigenvalue weighted by Gasteiger charge is 2.17. The predicted molar refractivity (Wildman–Crippen MR) is 54.9 cm³/mol. The lowest BCUT2D eigenvalue weighted by atomic mass is 10.2. The SMILES string of the molecule is COc1c(S(C)(=O)=O)ccc(N)c1N. The number of nitrogens with two attached hydrogens (primary N) is 2. The topological polar surface area (TPSA) is 95.4 Å². The predicted octanol–water partition coefficient (Wildman–Crippen LogP) is 0.263. The van der Waals surface area contributed by atoms with Gasteiger partial charge in [0.15, 0.2) is 15.6 Å². The van der Waals surface area contributed by atoms with Crippen molar-refractivity contribution in [1.82, 2.24) is 0 Å². The second kappa shape index (κ2) is 3.38. The molecule has 0 aliphatic rings. The number of ether oxygens (including phenoxy) is 1. The maximum atomic E-state index is 11.3. The third-order valence-electron chi connectivity index (χ3n) is 1.80. The van der Waals surface area contributed by atoms with Crippen molar-refractivity contribution in [2.24, 2.45) is 0 Å². The Labute approximate surface area is 82.6 Å². The van der Waals surface area contributed by atoms with Crippen LogP contribution in [0, 0.1) is 0 Å². The Bertz CT molecular complexity index is 454. The molecule has 0 saturated carbocycles. The van der Waals surface area contributed by atoms with Crippen LogP contribution in [0.2, 0.25) is 0 Å². The summed E-state index contributed by atoms with van der Waals surface area (Å²) in [6.45, 7) is 0.